The van der Waals surface area contributed by atoms with Crippen molar-refractivity contribution in [3.8, 4) is 0 Å². The van der Waals surface area contributed by atoms with Gasteiger partial charge in [-0.2, -0.15) is 5.10 Å². The first-order chi connectivity index (χ1) is 9.52. The third kappa shape index (κ3) is 3.10. The van der Waals surface area contributed by atoms with Gasteiger partial charge in [0.15, 0.2) is 0 Å². The third-order valence-corrected chi connectivity index (χ3v) is 3.98. The van der Waals surface area contributed by atoms with Gasteiger partial charge in [-0.05, 0) is 57.5 Å². The number of rotatable bonds is 5. The number of hydrogen-bond acceptors (Lipinski definition) is 2. The van der Waals surface area contributed by atoms with Crippen LogP contribution in [0.4, 0.5) is 0 Å². The molecule has 1 aromatic heterocycles. The second-order valence-corrected chi connectivity index (χ2v) is 5.72. The van der Waals surface area contributed by atoms with E-state index in [-0.39, 0.29) is 0 Å². The van der Waals surface area contributed by atoms with Crippen molar-refractivity contribution in [3.63, 3.8) is 0 Å². The molecular weight excluding hydrogens is 246 g/mol. The lowest BCUT2D eigenvalue weighted by Gasteiger charge is -2.19. The van der Waals surface area contributed by atoms with Crippen LogP contribution in [-0.4, -0.2) is 16.8 Å². The molecular formula is C17H25N3. The summed E-state index contributed by atoms with van der Waals surface area (Å²) in [5, 5.41) is 8.08. The number of aromatic nitrogens is 2. The number of likely N-dealkylation sites (N-methyl/N-ethyl adjacent to an activating group) is 1. The molecule has 2 rings (SSSR count). The molecule has 0 aliphatic heterocycles. The minimum atomic E-state index is 0.311. The van der Waals surface area contributed by atoms with Crippen LogP contribution in [0.5, 0.6) is 0 Å². The van der Waals surface area contributed by atoms with Crippen molar-refractivity contribution < 1.29 is 0 Å². The second kappa shape index (κ2) is 6.23. The number of aryl methyl sites for hydroxylation is 1. The molecule has 0 fully saturated rings. The summed E-state index contributed by atoms with van der Waals surface area (Å²) in [7, 11) is 2.02. The highest BCUT2D eigenvalue weighted by atomic mass is 15.3. The Morgan fingerprint density at radius 3 is 2.55 bits per heavy atom. The molecule has 3 heteroatoms. The van der Waals surface area contributed by atoms with E-state index in [0.717, 1.165) is 12.1 Å². The number of nitrogens with zero attached hydrogens (tertiary/aromatic N) is 2. The quantitative estimate of drug-likeness (QED) is 0.900. The summed E-state index contributed by atoms with van der Waals surface area (Å²) in [5.74, 6) is 0. The van der Waals surface area contributed by atoms with Crippen molar-refractivity contribution in [2.24, 2.45) is 0 Å². The van der Waals surface area contributed by atoms with Gasteiger partial charge in [-0.15, -0.1) is 0 Å². The maximum atomic E-state index is 4.65. The molecule has 108 valence electrons. The predicted molar refractivity (Wildman–Crippen MR) is 84.0 cm³/mol. The molecule has 1 aromatic carbocycles. The molecule has 0 radical (unpaired) electrons. The molecule has 0 amide bonds. The first-order valence-electron chi connectivity index (χ1n) is 7.30. The van der Waals surface area contributed by atoms with Crippen LogP contribution in [0.2, 0.25) is 0 Å². The first kappa shape index (κ1) is 14.8. The summed E-state index contributed by atoms with van der Waals surface area (Å²) in [6.45, 7) is 8.66. The van der Waals surface area contributed by atoms with Crippen LogP contribution in [0, 0.1) is 13.8 Å². The van der Waals surface area contributed by atoms with E-state index in [0.29, 0.717) is 12.1 Å². The van der Waals surface area contributed by atoms with Gasteiger partial charge in [0.2, 0.25) is 0 Å². The van der Waals surface area contributed by atoms with E-state index in [1.54, 1.807) is 0 Å². The molecule has 0 saturated carbocycles. The van der Waals surface area contributed by atoms with E-state index in [9.17, 15) is 0 Å². The van der Waals surface area contributed by atoms with Crippen LogP contribution in [-0.2, 0) is 6.42 Å². The number of hydrogen-bond donors (Lipinski definition) is 1. The average Bonchev–Trinajstić information content (AvgIpc) is 2.88. The number of benzene rings is 1. The van der Waals surface area contributed by atoms with Crippen molar-refractivity contribution in [3.05, 3.63) is 52.8 Å². The molecule has 0 spiro atoms. The summed E-state index contributed by atoms with van der Waals surface area (Å²) in [6, 6.07) is 9.36. The SMILES string of the molecule is CNC(Cc1ccn(C(C)C)n1)c1cccc(C)c1C. The van der Waals surface area contributed by atoms with Gasteiger partial charge < -0.3 is 5.32 Å². The lowest BCUT2D eigenvalue weighted by atomic mass is 9.95. The zero-order valence-electron chi connectivity index (χ0n) is 13.1. The van der Waals surface area contributed by atoms with Crippen molar-refractivity contribution in [1.82, 2.24) is 15.1 Å². The first-order valence-corrected chi connectivity index (χ1v) is 7.30. The maximum Gasteiger partial charge on any atom is 0.0643 e. The highest BCUT2D eigenvalue weighted by Crippen LogP contribution is 2.23. The highest BCUT2D eigenvalue weighted by molar-refractivity contribution is 5.35. The summed E-state index contributed by atoms with van der Waals surface area (Å²) >= 11 is 0. The Bertz CT molecular complexity index is 569. The smallest absolute Gasteiger partial charge is 0.0643 e. The van der Waals surface area contributed by atoms with Gasteiger partial charge in [-0.1, -0.05) is 18.2 Å². The Kier molecular flexibility index (Phi) is 4.61. The van der Waals surface area contributed by atoms with Crippen LogP contribution in [0.3, 0.4) is 0 Å². The molecule has 1 atom stereocenters. The molecule has 20 heavy (non-hydrogen) atoms. The fourth-order valence-corrected chi connectivity index (χ4v) is 2.50. The summed E-state index contributed by atoms with van der Waals surface area (Å²) in [6.07, 6.45) is 2.98. The lowest BCUT2D eigenvalue weighted by Crippen LogP contribution is -2.20. The molecule has 2 aromatic rings. The van der Waals surface area contributed by atoms with Crippen LogP contribution in [0.25, 0.3) is 0 Å². The van der Waals surface area contributed by atoms with E-state index in [4.69, 9.17) is 0 Å². The van der Waals surface area contributed by atoms with E-state index < -0.39 is 0 Å². The zero-order chi connectivity index (χ0) is 14.7. The molecule has 0 saturated heterocycles. The Labute approximate surface area is 122 Å². The van der Waals surface area contributed by atoms with Gasteiger partial charge >= 0.3 is 0 Å². The standard InChI is InChI=1S/C17H25N3/c1-12(2)20-10-9-15(19-20)11-17(18-5)16-8-6-7-13(3)14(16)4/h6-10,12,17-18H,11H2,1-5H3. The van der Waals surface area contributed by atoms with Crippen LogP contribution < -0.4 is 5.32 Å². The van der Waals surface area contributed by atoms with Gasteiger partial charge in [0.25, 0.3) is 0 Å². The molecule has 1 N–H and O–H groups in total. The van der Waals surface area contributed by atoms with Gasteiger partial charge in [0, 0.05) is 24.7 Å². The minimum absolute atomic E-state index is 0.311. The van der Waals surface area contributed by atoms with E-state index in [1.807, 2.05) is 11.7 Å². The van der Waals surface area contributed by atoms with Crippen molar-refractivity contribution >= 4 is 0 Å². The fourth-order valence-electron chi connectivity index (χ4n) is 2.50. The monoisotopic (exact) mass is 271 g/mol. The maximum absolute atomic E-state index is 4.65. The molecule has 0 aliphatic carbocycles. The largest absolute Gasteiger partial charge is 0.313 e. The Morgan fingerprint density at radius 1 is 1.20 bits per heavy atom. The Balaban J connectivity index is 2.22. The zero-order valence-corrected chi connectivity index (χ0v) is 13.1. The Morgan fingerprint density at radius 2 is 1.95 bits per heavy atom. The number of nitrogens with one attached hydrogen (secondary N) is 1. The fraction of sp³-hybridized carbons (Fsp3) is 0.471. The van der Waals surface area contributed by atoms with Gasteiger partial charge in [-0.3, -0.25) is 4.68 Å². The summed E-state index contributed by atoms with van der Waals surface area (Å²) in [4.78, 5) is 0. The molecule has 1 heterocycles. The van der Waals surface area contributed by atoms with E-state index >= 15 is 0 Å². The predicted octanol–water partition coefficient (Wildman–Crippen LogP) is 3.58. The van der Waals surface area contributed by atoms with Crippen molar-refractivity contribution in [2.45, 2.75) is 46.2 Å². The average molecular weight is 271 g/mol. The lowest BCUT2D eigenvalue weighted by molar-refractivity contribution is 0.514. The van der Waals surface area contributed by atoms with Crippen molar-refractivity contribution in [2.75, 3.05) is 7.05 Å². The van der Waals surface area contributed by atoms with E-state index in [1.165, 1.54) is 16.7 Å². The normalized spacial score (nSPS) is 12.9. The topological polar surface area (TPSA) is 29.9 Å². The molecule has 3 nitrogen and oxygen atoms in total. The van der Waals surface area contributed by atoms with Gasteiger partial charge in [0.1, 0.15) is 0 Å². The van der Waals surface area contributed by atoms with Crippen LogP contribution in [0.1, 0.15) is 48.3 Å². The van der Waals surface area contributed by atoms with Crippen molar-refractivity contribution in [1.29, 1.82) is 0 Å². The van der Waals surface area contributed by atoms with Gasteiger partial charge in [0.05, 0.1) is 5.69 Å². The summed E-state index contributed by atoms with van der Waals surface area (Å²) in [5.41, 5.74) is 5.22. The molecule has 0 bridgehead atoms. The molecule has 1 unspecified atom stereocenters. The van der Waals surface area contributed by atoms with Crippen LogP contribution >= 0.6 is 0 Å². The van der Waals surface area contributed by atoms with Gasteiger partial charge in [-0.25, -0.2) is 0 Å². The summed E-state index contributed by atoms with van der Waals surface area (Å²) < 4.78 is 2.02. The highest BCUT2D eigenvalue weighted by Gasteiger charge is 2.15. The Hall–Kier alpha value is -1.61. The van der Waals surface area contributed by atoms with Crippen LogP contribution in [0.15, 0.2) is 30.5 Å². The van der Waals surface area contributed by atoms with E-state index in [2.05, 4.69) is 68.6 Å². The molecule has 0 aliphatic rings. The minimum Gasteiger partial charge on any atom is -0.313 e. The second-order valence-electron chi connectivity index (χ2n) is 5.72. The third-order valence-electron chi connectivity index (χ3n) is 3.98.